The number of oxazole rings is 1. The van der Waals surface area contributed by atoms with Gasteiger partial charge >= 0.3 is 5.97 Å². The molecule has 0 spiro atoms. The van der Waals surface area contributed by atoms with Crippen molar-refractivity contribution in [2.24, 2.45) is 0 Å². The first kappa shape index (κ1) is 27.5. The molecule has 0 fully saturated rings. The Bertz CT molecular complexity index is 1380. The van der Waals surface area contributed by atoms with Crippen LogP contribution in [0.5, 0.6) is 0 Å². The first-order chi connectivity index (χ1) is 16.7. The van der Waals surface area contributed by atoms with E-state index in [1.54, 1.807) is 25.2 Å². The maximum Gasteiger partial charge on any atom is 0.339 e. The van der Waals surface area contributed by atoms with Crippen molar-refractivity contribution in [3.8, 4) is 17.2 Å². The molecule has 7 nitrogen and oxygen atoms in total. The van der Waals surface area contributed by atoms with Gasteiger partial charge in [0.05, 0.1) is 5.56 Å². The van der Waals surface area contributed by atoms with E-state index in [4.69, 9.17) is 9.68 Å². The number of rotatable bonds is 4. The summed E-state index contributed by atoms with van der Waals surface area (Å²) in [6.07, 6.45) is 2.60. The van der Waals surface area contributed by atoms with Crippen LogP contribution in [0.4, 0.5) is 5.00 Å². The number of aldehydes is 1. The number of carbonyl (C=O) groups excluding carboxylic acids is 1. The SMILES string of the molecule is CC=C(C)C.CNc1scc(-c2ccc(Br)cc2)c1C(=O)O.N#Cc1cccc2nc(C=O)oc12. The van der Waals surface area contributed by atoms with Crippen molar-refractivity contribution in [3.63, 3.8) is 0 Å². The molecule has 2 heterocycles. The van der Waals surface area contributed by atoms with E-state index in [-0.39, 0.29) is 5.89 Å². The Morgan fingerprint density at radius 1 is 1.23 bits per heavy atom. The molecule has 9 heteroatoms. The summed E-state index contributed by atoms with van der Waals surface area (Å²) in [6, 6.07) is 14.6. The van der Waals surface area contributed by atoms with Crippen LogP contribution in [0.2, 0.25) is 0 Å². The molecule has 2 aromatic carbocycles. The fourth-order valence-electron chi connectivity index (χ4n) is 2.70. The number of aromatic carboxylic acids is 1. The number of fused-ring (bicyclic) bond motifs is 1. The number of nitrogens with one attached hydrogen (secondary N) is 1. The van der Waals surface area contributed by atoms with Gasteiger partial charge in [-0.3, -0.25) is 4.79 Å². The molecule has 0 amide bonds. The Morgan fingerprint density at radius 2 is 1.89 bits per heavy atom. The molecule has 4 rings (SSSR count). The number of nitriles is 1. The zero-order chi connectivity index (χ0) is 26.0. The van der Waals surface area contributed by atoms with Gasteiger partial charge in [-0.1, -0.05) is 45.8 Å². The molecule has 0 unspecified atom stereocenters. The van der Waals surface area contributed by atoms with Crippen molar-refractivity contribution < 1.29 is 19.1 Å². The summed E-state index contributed by atoms with van der Waals surface area (Å²) in [6.45, 7) is 6.20. The van der Waals surface area contributed by atoms with Crippen molar-refractivity contribution in [2.75, 3.05) is 12.4 Å². The quantitative estimate of drug-likeness (QED) is 0.199. The highest BCUT2D eigenvalue weighted by Crippen LogP contribution is 2.35. The summed E-state index contributed by atoms with van der Waals surface area (Å²) in [5.41, 5.74) is 4.65. The molecular formula is C26H24BrN3O4S. The molecule has 0 saturated carbocycles. The number of carboxylic acid groups (broad SMARTS) is 1. The molecule has 0 aliphatic heterocycles. The molecule has 0 saturated heterocycles. The van der Waals surface area contributed by atoms with Gasteiger partial charge in [-0.2, -0.15) is 5.26 Å². The number of hydrogen-bond acceptors (Lipinski definition) is 7. The van der Waals surface area contributed by atoms with Crippen LogP contribution in [0.25, 0.3) is 22.2 Å². The molecule has 2 N–H and O–H groups in total. The van der Waals surface area contributed by atoms with Gasteiger partial charge in [0.25, 0.3) is 5.89 Å². The highest BCUT2D eigenvalue weighted by molar-refractivity contribution is 9.10. The van der Waals surface area contributed by atoms with Crippen LogP contribution < -0.4 is 5.32 Å². The van der Waals surface area contributed by atoms with E-state index in [1.807, 2.05) is 42.6 Å². The topological polar surface area (TPSA) is 116 Å². The van der Waals surface area contributed by atoms with Gasteiger partial charge in [-0.15, -0.1) is 11.3 Å². The maximum absolute atomic E-state index is 11.3. The van der Waals surface area contributed by atoms with Crippen molar-refractivity contribution in [1.29, 1.82) is 5.26 Å². The minimum absolute atomic E-state index is 0.00213. The molecule has 180 valence electrons. The van der Waals surface area contributed by atoms with E-state index in [1.165, 1.54) is 16.9 Å². The molecule has 35 heavy (non-hydrogen) atoms. The van der Waals surface area contributed by atoms with Gasteiger partial charge in [0.15, 0.2) is 5.58 Å². The van der Waals surface area contributed by atoms with Gasteiger partial charge < -0.3 is 14.8 Å². The van der Waals surface area contributed by atoms with E-state index >= 15 is 0 Å². The molecule has 0 bridgehead atoms. The van der Waals surface area contributed by atoms with Gasteiger partial charge in [0.1, 0.15) is 22.2 Å². The van der Waals surface area contributed by atoms with E-state index in [9.17, 15) is 14.7 Å². The Balaban J connectivity index is 0.000000212. The number of hydrogen-bond donors (Lipinski definition) is 2. The summed E-state index contributed by atoms with van der Waals surface area (Å²) in [4.78, 5) is 25.5. The standard InChI is InChI=1S/C12H10BrNO2S.C9H4N2O2.C5H10/c1-14-11-10(12(15)16)9(6-17-11)7-2-4-8(13)5-3-7;10-4-6-2-1-3-7-9(6)13-8(5-12)11-7;1-4-5(2)3/h2-6,14H,1H3,(H,15,16);1-3,5H;4H,1-3H3. The van der Waals surface area contributed by atoms with Crippen LogP contribution in [-0.2, 0) is 0 Å². The van der Waals surface area contributed by atoms with Crippen LogP contribution >= 0.6 is 27.3 Å². The van der Waals surface area contributed by atoms with Gasteiger partial charge in [0.2, 0.25) is 6.29 Å². The van der Waals surface area contributed by atoms with Crippen molar-refractivity contribution in [3.05, 3.63) is 81.0 Å². The van der Waals surface area contributed by atoms with Gasteiger partial charge in [0, 0.05) is 22.5 Å². The van der Waals surface area contributed by atoms with Crippen molar-refractivity contribution >= 4 is 55.6 Å². The fourth-order valence-corrected chi connectivity index (χ4v) is 3.89. The number of thiophene rings is 1. The zero-order valence-corrected chi connectivity index (χ0v) is 22.0. The van der Waals surface area contributed by atoms with Crippen LogP contribution in [0.15, 0.2) is 68.4 Å². The van der Waals surface area contributed by atoms with Crippen LogP contribution in [0, 0.1) is 11.3 Å². The number of halogens is 1. The Morgan fingerprint density at radius 3 is 2.40 bits per heavy atom. The third-order valence-electron chi connectivity index (χ3n) is 4.62. The molecule has 2 aromatic heterocycles. The monoisotopic (exact) mass is 553 g/mol. The second-order valence-corrected chi connectivity index (χ2v) is 9.01. The second-order valence-electron chi connectivity index (χ2n) is 7.22. The Hall–Kier alpha value is -3.74. The largest absolute Gasteiger partial charge is 0.478 e. The van der Waals surface area contributed by atoms with Gasteiger partial charge in [-0.05, 0) is 50.6 Å². The highest BCUT2D eigenvalue weighted by atomic mass is 79.9. The lowest BCUT2D eigenvalue weighted by atomic mass is 10.0. The normalized spacial score (nSPS) is 9.60. The number of carboxylic acids is 1. The zero-order valence-electron chi connectivity index (χ0n) is 19.6. The number of nitrogens with zero attached hydrogens (tertiary/aromatic N) is 2. The lowest BCUT2D eigenvalue weighted by Crippen LogP contribution is -2.00. The first-order valence-electron chi connectivity index (χ1n) is 10.4. The molecule has 4 aromatic rings. The highest BCUT2D eigenvalue weighted by Gasteiger charge is 2.18. The predicted octanol–water partition coefficient (Wildman–Crippen LogP) is 7.40. The van der Waals surface area contributed by atoms with Crippen LogP contribution in [0.1, 0.15) is 47.4 Å². The minimum Gasteiger partial charge on any atom is -0.478 e. The van der Waals surface area contributed by atoms with E-state index in [2.05, 4.69) is 46.2 Å². The first-order valence-corrected chi connectivity index (χ1v) is 12.1. The summed E-state index contributed by atoms with van der Waals surface area (Å²) in [7, 11) is 1.73. The number of benzene rings is 2. The Kier molecular flexibility index (Phi) is 10.4. The van der Waals surface area contributed by atoms with Crippen LogP contribution in [0.3, 0.4) is 0 Å². The van der Waals surface area contributed by atoms with E-state index in [0.717, 1.165) is 15.6 Å². The van der Waals surface area contributed by atoms with Crippen molar-refractivity contribution in [1.82, 2.24) is 4.98 Å². The number of carbonyl (C=O) groups is 2. The van der Waals surface area contributed by atoms with Crippen molar-refractivity contribution in [2.45, 2.75) is 20.8 Å². The summed E-state index contributed by atoms with van der Waals surface area (Å²) >= 11 is 4.76. The number of aromatic nitrogens is 1. The minimum atomic E-state index is -0.909. The molecular weight excluding hydrogens is 530 g/mol. The third kappa shape index (κ3) is 7.37. The molecule has 0 radical (unpaired) electrons. The summed E-state index contributed by atoms with van der Waals surface area (Å²) in [5, 5.41) is 23.4. The number of allylic oxidation sites excluding steroid dienone is 2. The summed E-state index contributed by atoms with van der Waals surface area (Å²) < 4.78 is 6.01. The second kappa shape index (κ2) is 13.2. The smallest absolute Gasteiger partial charge is 0.339 e. The van der Waals surface area contributed by atoms with E-state index in [0.29, 0.717) is 33.5 Å². The number of anilines is 1. The summed E-state index contributed by atoms with van der Waals surface area (Å²) in [5.74, 6) is -0.911. The lowest BCUT2D eigenvalue weighted by Gasteiger charge is -2.03. The molecule has 0 aliphatic carbocycles. The molecule has 0 aliphatic rings. The third-order valence-corrected chi connectivity index (χ3v) is 6.14. The average Bonchev–Trinajstić information content (AvgIpc) is 3.49. The fraction of sp³-hybridized carbons (Fsp3) is 0.154. The number of para-hydroxylation sites is 1. The molecule has 0 atom stereocenters. The lowest BCUT2D eigenvalue weighted by molar-refractivity contribution is 0.0699. The van der Waals surface area contributed by atoms with Crippen LogP contribution in [-0.4, -0.2) is 29.4 Å². The predicted molar refractivity (Wildman–Crippen MR) is 143 cm³/mol. The van der Waals surface area contributed by atoms with Gasteiger partial charge in [-0.25, -0.2) is 9.78 Å². The Labute approximate surface area is 215 Å². The average molecular weight is 554 g/mol. The van der Waals surface area contributed by atoms with E-state index < -0.39 is 5.97 Å². The maximum atomic E-state index is 11.3.